The summed E-state index contributed by atoms with van der Waals surface area (Å²) in [6, 6.07) is 9.12. The topological polar surface area (TPSA) is 130 Å². The van der Waals surface area contributed by atoms with Crippen molar-refractivity contribution in [2.24, 2.45) is 17.8 Å². The summed E-state index contributed by atoms with van der Waals surface area (Å²) in [5.74, 6) is 0.743. The number of para-hydroxylation sites is 1. The number of aromatic nitrogens is 4. The number of aliphatic carboxylic acids is 1. The highest BCUT2D eigenvalue weighted by atomic mass is 16.4. The predicted octanol–water partition coefficient (Wildman–Crippen LogP) is 3.68. The molecule has 5 rings (SSSR count). The summed E-state index contributed by atoms with van der Waals surface area (Å²) in [7, 11) is 0. The summed E-state index contributed by atoms with van der Waals surface area (Å²) in [4.78, 5) is 13.5. The molecule has 0 amide bonds. The monoisotopic (exact) mass is 476 g/mol. The number of carboxylic acid groups (broad SMARTS) is 1. The number of hydrogen-bond donors (Lipinski definition) is 3. The Hall–Kier alpha value is -3.46. The number of aromatic hydroxyl groups is 1. The zero-order valence-corrected chi connectivity index (χ0v) is 19.9. The molecule has 1 aliphatic heterocycles. The molecule has 184 valence electrons. The van der Waals surface area contributed by atoms with E-state index in [2.05, 4.69) is 27.1 Å². The standard InChI is InChI=1S/C26H32N6O3/c1-16(18-6-8-31(9-7-18)14-17-10-19(11-17)26(34)35)32-15-20(13-28-32)22-12-23(29-30-25(22)27)21-4-2-3-5-24(21)33/h2-5,12-13,15-19,33H,6-11,14H2,1H3,(H2,27,30)(H,34,35)/t16-,17?,19?/m0/s1. The molecular formula is C26H32N6O3. The van der Waals surface area contributed by atoms with E-state index < -0.39 is 5.97 Å². The molecule has 0 spiro atoms. The van der Waals surface area contributed by atoms with Crippen LogP contribution in [0.4, 0.5) is 5.82 Å². The van der Waals surface area contributed by atoms with Gasteiger partial charge >= 0.3 is 5.97 Å². The van der Waals surface area contributed by atoms with Gasteiger partial charge in [0.25, 0.3) is 0 Å². The third-order valence-corrected chi connectivity index (χ3v) is 7.75. The molecule has 4 N–H and O–H groups in total. The second-order valence-electron chi connectivity index (χ2n) is 10.0. The number of phenolic OH excluding ortho intramolecular Hbond substituents is 1. The van der Waals surface area contributed by atoms with Gasteiger partial charge in [0, 0.05) is 29.4 Å². The summed E-state index contributed by atoms with van der Waals surface area (Å²) in [6.07, 6.45) is 7.66. The number of rotatable bonds is 7. The fourth-order valence-electron chi connectivity index (χ4n) is 5.44. The first kappa shape index (κ1) is 23.3. The second-order valence-corrected chi connectivity index (χ2v) is 10.0. The highest BCUT2D eigenvalue weighted by Crippen LogP contribution is 2.37. The molecule has 3 aromatic rings. The van der Waals surface area contributed by atoms with Crippen molar-refractivity contribution in [3.8, 4) is 28.1 Å². The number of carbonyl (C=O) groups is 1. The molecule has 0 unspecified atom stereocenters. The van der Waals surface area contributed by atoms with E-state index in [-0.39, 0.29) is 17.7 Å². The van der Waals surface area contributed by atoms with Crippen LogP contribution in [0.1, 0.15) is 38.6 Å². The first-order valence-electron chi connectivity index (χ1n) is 12.3. The fourth-order valence-corrected chi connectivity index (χ4v) is 5.44. The van der Waals surface area contributed by atoms with E-state index in [9.17, 15) is 9.90 Å². The molecule has 35 heavy (non-hydrogen) atoms. The van der Waals surface area contributed by atoms with Crippen molar-refractivity contribution in [3.05, 3.63) is 42.7 Å². The lowest BCUT2D eigenvalue weighted by atomic mass is 9.74. The number of nitrogen functional groups attached to an aromatic ring is 1. The van der Waals surface area contributed by atoms with Crippen LogP contribution in [0.5, 0.6) is 5.75 Å². The maximum Gasteiger partial charge on any atom is 0.306 e. The van der Waals surface area contributed by atoms with Crippen molar-refractivity contribution in [1.29, 1.82) is 0 Å². The lowest BCUT2D eigenvalue weighted by molar-refractivity contribution is -0.146. The Kier molecular flexibility index (Phi) is 6.42. The van der Waals surface area contributed by atoms with Gasteiger partial charge in [0.1, 0.15) is 5.75 Å². The third-order valence-electron chi connectivity index (χ3n) is 7.75. The second kappa shape index (κ2) is 9.65. The molecule has 0 bridgehead atoms. The number of nitrogens with two attached hydrogens (primary N) is 1. The number of likely N-dealkylation sites (tertiary alicyclic amines) is 1. The molecule has 0 radical (unpaired) electrons. The van der Waals surface area contributed by atoms with Crippen LogP contribution in [0.3, 0.4) is 0 Å². The number of hydrogen-bond acceptors (Lipinski definition) is 7. The van der Waals surface area contributed by atoms with Crippen LogP contribution in [-0.2, 0) is 4.79 Å². The van der Waals surface area contributed by atoms with E-state index in [1.54, 1.807) is 18.2 Å². The Bertz CT molecular complexity index is 1200. The summed E-state index contributed by atoms with van der Waals surface area (Å²) in [5.41, 5.74) is 8.93. The van der Waals surface area contributed by atoms with Gasteiger partial charge < -0.3 is 20.8 Å². The maximum absolute atomic E-state index is 11.0. The van der Waals surface area contributed by atoms with E-state index in [1.165, 1.54) is 0 Å². The van der Waals surface area contributed by atoms with Crippen molar-refractivity contribution in [2.45, 2.75) is 38.6 Å². The van der Waals surface area contributed by atoms with Crippen LogP contribution >= 0.6 is 0 Å². The van der Waals surface area contributed by atoms with Gasteiger partial charge in [0.05, 0.1) is 23.9 Å². The van der Waals surface area contributed by atoms with Gasteiger partial charge in [-0.15, -0.1) is 10.2 Å². The lowest BCUT2D eigenvalue weighted by Crippen LogP contribution is -2.43. The Balaban J connectivity index is 1.22. The first-order chi connectivity index (χ1) is 16.9. The number of carboxylic acids is 1. The van der Waals surface area contributed by atoms with E-state index in [1.807, 2.05) is 29.2 Å². The molecule has 1 aliphatic carbocycles. The number of piperidine rings is 1. The van der Waals surface area contributed by atoms with Crippen LogP contribution in [0.2, 0.25) is 0 Å². The van der Waals surface area contributed by atoms with Gasteiger partial charge in [0.15, 0.2) is 5.82 Å². The molecule has 1 atom stereocenters. The number of benzene rings is 1. The van der Waals surface area contributed by atoms with E-state index >= 15 is 0 Å². The predicted molar refractivity (Wildman–Crippen MR) is 132 cm³/mol. The van der Waals surface area contributed by atoms with Crippen LogP contribution in [0.25, 0.3) is 22.4 Å². The minimum Gasteiger partial charge on any atom is -0.507 e. The smallest absolute Gasteiger partial charge is 0.306 e. The van der Waals surface area contributed by atoms with E-state index in [0.717, 1.165) is 56.4 Å². The van der Waals surface area contributed by atoms with Crippen LogP contribution < -0.4 is 5.73 Å². The number of phenols is 1. The van der Waals surface area contributed by atoms with Crippen molar-refractivity contribution < 1.29 is 15.0 Å². The van der Waals surface area contributed by atoms with Gasteiger partial charge in [-0.2, -0.15) is 5.10 Å². The molecule has 2 aromatic heterocycles. The summed E-state index contributed by atoms with van der Waals surface area (Å²) in [5, 5.41) is 32.2. The fraction of sp³-hybridized carbons (Fsp3) is 0.462. The Morgan fingerprint density at radius 1 is 1.17 bits per heavy atom. The summed E-state index contributed by atoms with van der Waals surface area (Å²) >= 11 is 0. The highest BCUT2D eigenvalue weighted by molar-refractivity contribution is 5.78. The molecular weight excluding hydrogens is 444 g/mol. The lowest BCUT2D eigenvalue weighted by Gasteiger charge is -2.40. The van der Waals surface area contributed by atoms with Gasteiger partial charge in [-0.1, -0.05) is 12.1 Å². The summed E-state index contributed by atoms with van der Waals surface area (Å²) in [6.45, 7) is 5.32. The van der Waals surface area contributed by atoms with Crippen LogP contribution in [-0.4, -0.2) is 60.7 Å². The average Bonchev–Trinajstić information content (AvgIpc) is 3.32. The molecule has 9 heteroatoms. The molecule has 1 saturated carbocycles. The molecule has 9 nitrogen and oxygen atoms in total. The molecule has 2 fully saturated rings. The molecule has 2 aliphatic rings. The van der Waals surface area contributed by atoms with Crippen molar-refractivity contribution in [1.82, 2.24) is 24.9 Å². The zero-order valence-electron chi connectivity index (χ0n) is 19.9. The maximum atomic E-state index is 11.0. The Morgan fingerprint density at radius 3 is 2.63 bits per heavy atom. The highest BCUT2D eigenvalue weighted by Gasteiger charge is 2.36. The van der Waals surface area contributed by atoms with Gasteiger partial charge in [0.2, 0.25) is 0 Å². The van der Waals surface area contributed by atoms with E-state index in [4.69, 9.17) is 10.8 Å². The van der Waals surface area contributed by atoms with E-state index in [0.29, 0.717) is 28.9 Å². The summed E-state index contributed by atoms with van der Waals surface area (Å²) < 4.78 is 2.01. The van der Waals surface area contributed by atoms with Crippen molar-refractivity contribution in [2.75, 3.05) is 25.4 Å². The van der Waals surface area contributed by atoms with Gasteiger partial charge in [-0.25, -0.2) is 0 Å². The molecule has 1 aromatic carbocycles. The van der Waals surface area contributed by atoms with Crippen LogP contribution in [0, 0.1) is 17.8 Å². The molecule has 1 saturated heterocycles. The number of anilines is 1. The van der Waals surface area contributed by atoms with Crippen molar-refractivity contribution >= 4 is 11.8 Å². The normalized spacial score (nSPS) is 22.0. The zero-order chi connectivity index (χ0) is 24.5. The minimum absolute atomic E-state index is 0.134. The first-order valence-corrected chi connectivity index (χ1v) is 12.3. The van der Waals surface area contributed by atoms with Gasteiger partial charge in [-0.05, 0) is 75.7 Å². The van der Waals surface area contributed by atoms with Crippen LogP contribution in [0.15, 0.2) is 42.7 Å². The largest absolute Gasteiger partial charge is 0.507 e. The quantitative estimate of drug-likeness (QED) is 0.471. The average molecular weight is 477 g/mol. The SMILES string of the molecule is C[C@@H](C1CCN(CC2CC(C(=O)O)C2)CC1)n1cc(-c2cc(-c3ccccc3O)nnc2N)cn1. The van der Waals surface area contributed by atoms with Crippen molar-refractivity contribution in [3.63, 3.8) is 0 Å². The third kappa shape index (κ3) is 4.86. The Morgan fingerprint density at radius 2 is 1.91 bits per heavy atom. The number of nitrogens with zero attached hydrogens (tertiary/aromatic N) is 5. The Labute approximate surface area is 204 Å². The molecule has 3 heterocycles. The van der Waals surface area contributed by atoms with Gasteiger partial charge in [-0.3, -0.25) is 9.48 Å². The minimum atomic E-state index is -0.647.